The molecule has 0 saturated heterocycles. The molecular formula is C31H24N2O2S. The Hall–Kier alpha value is -4.48. The van der Waals surface area contributed by atoms with Gasteiger partial charge in [0.25, 0.3) is 5.91 Å². The molecule has 4 aromatic carbocycles. The predicted molar refractivity (Wildman–Crippen MR) is 149 cm³/mol. The molecule has 1 heterocycles. The molecule has 5 rings (SSSR count). The lowest BCUT2D eigenvalue weighted by Gasteiger charge is -2.11. The molecule has 0 fully saturated rings. The molecule has 0 saturated carbocycles. The van der Waals surface area contributed by atoms with Crippen LogP contribution in [0, 0.1) is 0 Å². The highest BCUT2D eigenvalue weighted by molar-refractivity contribution is 7.13. The van der Waals surface area contributed by atoms with Crippen molar-refractivity contribution in [3.63, 3.8) is 0 Å². The van der Waals surface area contributed by atoms with Crippen molar-refractivity contribution in [3.8, 4) is 27.6 Å². The number of thiazole rings is 1. The molecule has 0 radical (unpaired) electrons. The maximum Gasteiger partial charge on any atom is 0.256 e. The maximum atomic E-state index is 13.3. The molecule has 1 aromatic heterocycles. The highest BCUT2D eigenvalue weighted by atomic mass is 32.1. The van der Waals surface area contributed by atoms with E-state index in [0.29, 0.717) is 5.57 Å². The number of benzene rings is 4. The van der Waals surface area contributed by atoms with Gasteiger partial charge in [0.15, 0.2) is 0 Å². The van der Waals surface area contributed by atoms with Gasteiger partial charge in [0, 0.05) is 27.8 Å². The van der Waals surface area contributed by atoms with Crippen molar-refractivity contribution in [1.82, 2.24) is 4.98 Å². The summed E-state index contributed by atoms with van der Waals surface area (Å²) < 4.78 is 5.25. The predicted octanol–water partition coefficient (Wildman–Crippen LogP) is 7.67. The van der Waals surface area contributed by atoms with E-state index in [2.05, 4.69) is 22.8 Å². The van der Waals surface area contributed by atoms with E-state index >= 15 is 0 Å². The Balaban J connectivity index is 1.36. The summed E-state index contributed by atoms with van der Waals surface area (Å²) in [7, 11) is 1.63. The standard InChI is InChI=1S/C31H24N2O2S/c1-35-27-18-12-22(13-19-27)20-28(23-8-4-2-5-9-23)30(34)32-26-16-14-24(15-17-26)29-21-36-31(33-29)25-10-6-3-7-11-25/h2-21H,1H3,(H,32,34)/b28-20+. The van der Waals surface area contributed by atoms with E-state index in [1.165, 1.54) is 0 Å². The van der Waals surface area contributed by atoms with Crippen LogP contribution in [0.3, 0.4) is 0 Å². The number of carbonyl (C=O) groups excluding carboxylic acids is 1. The molecule has 176 valence electrons. The van der Waals surface area contributed by atoms with E-state index in [4.69, 9.17) is 9.72 Å². The Labute approximate surface area is 214 Å². The van der Waals surface area contributed by atoms with Crippen molar-refractivity contribution in [2.75, 3.05) is 12.4 Å². The first-order chi connectivity index (χ1) is 17.7. The van der Waals surface area contributed by atoms with Crippen LogP contribution in [0.1, 0.15) is 11.1 Å². The summed E-state index contributed by atoms with van der Waals surface area (Å²) in [5.74, 6) is 0.596. The molecular weight excluding hydrogens is 464 g/mol. The summed E-state index contributed by atoms with van der Waals surface area (Å²) in [5.41, 5.74) is 6.09. The third-order valence-corrected chi connectivity index (χ3v) is 6.61. The lowest BCUT2D eigenvalue weighted by molar-refractivity contribution is -0.111. The number of amides is 1. The van der Waals surface area contributed by atoms with Crippen molar-refractivity contribution in [3.05, 3.63) is 126 Å². The van der Waals surface area contributed by atoms with Gasteiger partial charge in [0.2, 0.25) is 0 Å². The van der Waals surface area contributed by atoms with Crippen molar-refractivity contribution >= 4 is 34.6 Å². The lowest BCUT2D eigenvalue weighted by atomic mass is 10.0. The summed E-state index contributed by atoms with van der Waals surface area (Å²) in [6.07, 6.45) is 1.89. The van der Waals surface area contributed by atoms with Gasteiger partial charge in [-0.3, -0.25) is 4.79 Å². The molecule has 5 heteroatoms. The van der Waals surface area contributed by atoms with Crippen LogP contribution >= 0.6 is 11.3 Å². The van der Waals surface area contributed by atoms with Crippen LogP contribution in [0.4, 0.5) is 5.69 Å². The maximum absolute atomic E-state index is 13.3. The number of carbonyl (C=O) groups is 1. The fourth-order valence-electron chi connectivity index (χ4n) is 3.81. The van der Waals surface area contributed by atoms with Crippen LogP contribution in [0.2, 0.25) is 0 Å². The minimum Gasteiger partial charge on any atom is -0.497 e. The second-order valence-electron chi connectivity index (χ2n) is 8.13. The molecule has 0 aliphatic carbocycles. The Morgan fingerprint density at radius 1 is 0.806 bits per heavy atom. The third-order valence-electron chi connectivity index (χ3n) is 5.72. The molecule has 0 bridgehead atoms. The molecule has 1 N–H and O–H groups in total. The van der Waals surface area contributed by atoms with E-state index in [1.54, 1.807) is 18.4 Å². The van der Waals surface area contributed by atoms with Gasteiger partial charge in [-0.2, -0.15) is 0 Å². The van der Waals surface area contributed by atoms with Crippen LogP contribution in [0.25, 0.3) is 33.5 Å². The SMILES string of the molecule is COc1ccc(/C=C(/C(=O)Nc2ccc(-c3csc(-c4ccccc4)n3)cc2)c2ccccc2)cc1. The fourth-order valence-corrected chi connectivity index (χ4v) is 4.64. The van der Waals surface area contributed by atoms with E-state index in [9.17, 15) is 4.79 Å². The molecule has 4 nitrogen and oxygen atoms in total. The minimum absolute atomic E-state index is 0.176. The summed E-state index contributed by atoms with van der Waals surface area (Å²) in [6, 6.07) is 35.2. The van der Waals surface area contributed by atoms with Crippen molar-refractivity contribution in [2.45, 2.75) is 0 Å². The molecule has 1 amide bonds. The van der Waals surface area contributed by atoms with Gasteiger partial charge >= 0.3 is 0 Å². The van der Waals surface area contributed by atoms with Crippen LogP contribution in [0.15, 0.2) is 115 Å². The van der Waals surface area contributed by atoms with Crippen molar-refractivity contribution < 1.29 is 9.53 Å². The van der Waals surface area contributed by atoms with Gasteiger partial charge in [-0.15, -0.1) is 11.3 Å². The normalized spacial score (nSPS) is 11.2. The van der Waals surface area contributed by atoms with Crippen molar-refractivity contribution in [2.24, 2.45) is 0 Å². The Morgan fingerprint density at radius 2 is 1.47 bits per heavy atom. The zero-order valence-electron chi connectivity index (χ0n) is 19.7. The quantitative estimate of drug-likeness (QED) is 0.189. The number of anilines is 1. The minimum atomic E-state index is -0.176. The van der Waals surface area contributed by atoms with Gasteiger partial charge in [0.05, 0.1) is 12.8 Å². The largest absolute Gasteiger partial charge is 0.497 e. The van der Waals surface area contributed by atoms with Crippen LogP contribution in [-0.4, -0.2) is 18.0 Å². The first-order valence-electron chi connectivity index (χ1n) is 11.5. The zero-order chi connectivity index (χ0) is 24.7. The summed E-state index contributed by atoms with van der Waals surface area (Å²) in [4.78, 5) is 18.1. The number of aromatic nitrogens is 1. The molecule has 0 spiro atoms. The van der Waals surface area contributed by atoms with E-state index in [1.807, 2.05) is 103 Å². The number of hydrogen-bond donors (Lipinski definition) is 1. The van der Waals surface area contributed by atoms with Gasteiger partial charge in [-0.1, -0.05) is 84.9 Å². The fraction of sp³-hybridized carbons (Fsp3) is 0.0323. The second kappa shape index (κ2) is 10.8. The van der Waals surface area contributed by atoms with Crippen molar-refractivity contribution in [1.29, 1.82) is 0 Å². The summed E-state index contributed by atoms with van der Waals surface area (Å²) in [5, 5.41) is 6.09. The number of rotatable bonds is 7. The van der Waals surface area contributed by atoms with Gasteiger partial charge < -0.3 is 10.1 Å². The van der Waals surface area contributed by atoms with E-state index in [-0.39, 0.29) is 5.91 Å². The second-order valence-corrected chi connectivity index (χ2v) is 8.99. The first kappa shape index (κ1) is 23.3. The van der Waals surface area contributed by atoms with Crippen LogP contribution in [-0.2, 0) is 4.79 Å². The van der Waals surface area contributed by atoms with Crippen LogP contribution in [0.5, 0.6) is 5.75 Å². The molecule has 5 aromatic rings. The molecule has 0 unspecified atom stereocenters. The topological polar surface area (TPSA) is 51.2 Å². The Morgan fingerprint density at radius 3 is 2.14 bits per heavy atom. The molecule has 0 aliphatic heterocycles. The number of ether oxygens (including phenoxy) is 1. The van der Waals surface area contributed by atoms with Crippen LogP contribution < -0.4 is 10.1 Å². The van der Waals surface area contributed by atoms with E-state index < -0.39 is 0 Å². The Bertz CT molecular complexity index is 1470. The number of nitrogens with zero attached hydrogens (tertiary/aromatic N) is 1. The number of hydrogen-bond acceptors (Lipinski definition) is 4. The van der Waals surface area contributed by atoms with Gasteiger partial charge in [-0.25, -0.2) is 4.98 Å². The monoisotopic (exact) mass is 488 g/mol. The average molecular weight is 489 g/mol. The molecule has 36 heavy (non-hydrogen) atoms. The first-order valence-corrected chi connectivity index (χ1v) is 12.4. The number of methoxy groups -OCH3 is 1. The molecule has 0 aliphatic rings. The van der Waals surface area contributed by atoms with E-state index in [0.717, 1.165) is 44.4 Å². The third kappa shape index (κ3) is 5.43. The summed E-state index contributed by atoms with van der Waals surface area (Å²) in [6.45, 7) is 0. The van der Waals surface area contributed by atoms with Gasteiger partial charge in [0.1, 0.15) is 10.8 Å². The number of nitrogens with one attached hydrogen (secondary N) is 1. The van der Waals surface area contributed by atoms with Gasteiger partial charge in [-0.05, 0) is 41.5 Å². The summed E-state index contributed by atoms with van der Waals surface area (Å²) >= 11 is 1.62. The molecule has 0 atom stereocenters. The lowest BCUT2D eigenvalue weighted by Crippen LogP contribution is -2.13. The highest BCUT2D eigenvalue weighted by Crippen LogP contribution is 2.29. The Kier molecular flexibility index (Phi) is 7.01. The zero-order valence-corrected chi connectivity index (χ0v) is 20.5. The highest BCUT2D eigenvalue weighted by Gasteiger charge is 2.13. The smallest absolute Gasteiger partial charge is 0.256 e. The average Bonchev–Trinajstić information content (AvgIpc) is 3.44.